The smallest absolute Gasteiger partial charge is 0.262 e. The van der Waals surface area contributed by atoms with E-state index in [0.29, 0.717) is 12.1 Å². The Labute approximate surface area is 121 Å². The molecule has 4 nitrogen and oxygen atoms in total. The van der Waals surface area contributed by atoms with Crippen molar-refractivity contribution >= 4 is 33.4 Å². The molecule has 0 aromatic heterocycles. The van der Waals surface area contributed by atoms with E-state index in [1.165, 1.54) is 4.90 Å². The lowest BCUT2D eigenvalue weighted by Gasteiger charge is -2.19. The van der Waals surface area contributed by atoms with E-state index in [1.807, 2.05) is 30.1 Å². The maximum atomic E-state index is 12.5. The molecule has 0 aliphatic carbocycles. The molecule has 5 heteroatoms. The minimum atomic E-state index is -0.181. The van der Waals surface area contributed by atoms with Gasteiger partial charge in [-0.3, -0.25) is 14.5 Å². The van der Waals surface area contributed by atoms with E-state index in [-0.39, 0.29) is 18.4 Å². The third-order valence-electron chi connectivity index (χ3n) is 3.23. The van der Waals surface area contributed by atoms with E-state index in [4.69, 9.17) is 0 Å². The summed E-state index contributed by atoms with van der Waals surface area (Å²) in [4.78, 5) is 27.8. The van der Waals surface area contributed by atoms with Gasteiger partial charge in [0.25, 0.3) is 5.91 Å². The van der Waals surface area contributed by atoms with E-state index >= 15 is 0 Å². The first kappa shape index (κ1) is 14.1. The predicted octanol–water partition coefficient (Wildman–Crippen LogP) is 2.28. The van der Waals surface area contributed by atoms with Crippen molar-refractivity contribution in [2.45, 2.75) is 12.8 Å². The maximum Gasteiger partial charge on any atom is 0.262 e. The van der Waals surface area contributed by atoms with Crippen LogP contribution in [-0.2, 0) is 4.79 Å². The Morgan fingerprint density at radius 1 is 1.21 bits per heavy atom. The highest BCUT2D eigenvalue weighted by molar-refractivity contribution is 9.09. The van der Waals surface area contributed by atoms with Gasteiger partial charge in [0.2, 0.25) is 5.91 Å². The number of imide groups is 1. The van der Waals surface area contributed by atoms with Gasteiger partial charge in [0.1, 0.15) is 0 Å². The molecule has 2 amide bonds. The van der Waals surface area contributed by atoms with Crippen molar-refractivity contribution in [3.8, 4) is 0 Å². The predicted molar refractivity (Wildman–Crippen MR) is 78.8 cm³/mol. The van der Waals surface area contributed by atoms with Crippen molar-refractivity contribution < 1.29 is 9.59 Å². The quantitative estimate of drug-likeness (QED) is 0.484. The summed E-state index contributed by atoms with van der Waals surface area (Å²) >= 11 is 3.36. The molecule has 1 aliphatic rings. The summed E-state index contributed by atoms with van der Waals surface area (Å²) in [6.45, 7) is 0.739. The normalized spacial score (nSPS) is 15.5. The summed E-state index contributed by atoms with van der Waals surface area (Å²) < 4.78 is 0. The van der Waals surface area contributed by atoms with Crippen molar-refractivity contribution in [2.75, 3.05) is 30.4 Å². The van der Waals surface area contributed by atoms with Crippen LogP contribution in [-0.4, -0.2) is 42.2 Å². The number of para-hydroxylation sites is 1. The van der Waals surface area contributed by atoms with Gasteiger partial charge in [0.15, 0.2) is 0 Å². The van der Waals surface area contributed by atoms with Gasteiger partial charge in [0.05, 0.1) is 12.1 Å². The number of carbonyl (C=O) groups excluding carboxylic acids is 2. The molecule has 19 heavy (non-hydrogen) atoms. The summed E-state index contributed by atoms with van der Waals surface area (Å²) in [5.41, 5.74) is 1.43. The third-order valence-corrected chi connectivity index (χ3v) is 3.79. The van der Waals surface area contributed by atoms with Crippen molar-refractivity contribution in [1.82, 2.24) is 4.90 Å². The summed E-state index contributed by atoms with van der Waals surface area (Å²) in [5.74, 6) is -0.308. The molecule has 0 saturated carbocycles. The van der Waals surface area contributed by atoms with E-state index in [9.17, 15) is 9.59 Å². The molecule has 1 aromatic carbocycles. The Morgan fingerprint density at radius 3 is 2.68 bits per heavy atom. The van der Waals surface area contributed by atoms with Gasteiger partial charge in [-0.15, -0.1) is 0 Å². The highest BCUT2D eigenvalue weighted by Crippen LogP contribution is 2.24. The number of likely N-dealkylation sites (N-methyl/N-ethyl adjacent to an activating group) is 1. The lowest BCUT2D eigenvalue weighted by Crippen LogP contribution is -2.40. The van der Waals surface area contributed by atoms with Crippen LogP contribution in [0.2, 0.25) is 0 Å². The lowest BCUT2D eigenvalue weighted by atomic mass is 10.1. The number of hydrogen-bond donors (Lipinski definition) is 0. The number of unbranched alkanes of at least 4 members (excludes halogenated alkanes) is 1. The van der Waals surface area contributed by atoms with E-state index < -0.39 is 0 Å². The first-order valence-electron chi connectivity index (χ1n) is 6.36. The van der Waals surface area contributed by atoms with Crippen molar-refractivity contribution in [1.29, 1.82) is 0 Å². The molecule has 102 valence electrons. The second-order valence-corrected chi connectivity index (χ2v) is 5.41. The van der Waals surface area contributed by atoms with Gasteiger partial charge < -0.3 is 4.90 Å². The molecule has 0 unspecified atom stereocenters. The van der Waals surface area contributed by atoms with Gasteiger partial charge in [-0.25, -0.2) is 0 Å². The molecule has 0 saturated heterocycles. The molecule has 1 aromatic rings. The maximum absolute atomic E-state index is 12.5. The van der Waals surface area contributed by atoms with E-state index in [2.05, 4.69) is 15.9 Å². The second-order valence-electron chi connectivity index (χ2n) is 4.62. The molecular weight excluding hydrogens is 308 g/mol. The van der Waals surface area contributed by atoms with Crippen LogP contribution in [0.5, 0.6) is 0 Å². The Morgan fingerprint density at radius 2 is 1.95 bits per heavy atom. The van der Waals surface area contributed by atoms with Gasteiger partial charge in [-0.2, -0.15) is 0 Å². The van der Waals surface area contributed by atoms with Crippen molar-refractivity contribution in [2.24, 2.45) is 0 Å². The lowest BCUT2D eigenvalue weighted by molar-refractivity contribution is -0.127. The number of anilines is 1. The summed E-state index contributed by atoms with van der Waals surface area (Å²) in [6, 6.07) is 7.37. The van der Waals surface area contributed by atoms with Crippen LogP contribution in [0.1, 0.15) is 23.2 Å². The highest BCUT2D eigenvalue weighted by atomic mass is 79.9. The van der Waals surface area contributed by atoms with E-state index in [1.54, 1.807) is 6.07 Å². The number of fused-ring (bicyclic) bond motifs is 1. The molecule has 0 N–H and O–H groups in total. The fourth-order valence-electron chi connectivity index (χ4n) is 2.21. The number of carbonyl (C=O) groups is 2. The van der Waals surface area contributed by atoms with Crippen molar-refractivity contribution in [3.63, 3.8) is 0 Å². The number of amides is 2. The van der Waals surface area contributed by atoms with Gasteiger partial charge in [0, 0.05) is 24.6 Å². The molecule has 2 rings (SSSR count). The zero-order chi connectivity index (χ0) is 13.8. The molecule has 0 atom stereocenters. The molecule has 1 heterocycles. The molecule has 1 aliphatic heterocycles. The molecule has 0 fully saturated rings. The Balaban J connectivity index is 2.27. The Bertz CT molecular complexity index is 490. The fraction of sp³-hybridized carbons (Fsp3) is 0.429. The summed E-state index contributed by atoms with van der Waals surface area (Å²) in [7, 11) is 1.84. The first-order chi connectivity index (χ1) is 9.15. The zero-order valence-electron chi connectivity index (χ0n) is 10.9. The van der Waals surface area contributed by atoms with Crippen LogP contribution in [0.4, 0.5) is 5.69 Å². The molecule has 0 radical (unpaired) electrons. The first-order valence-corrected chi connectivity index (χ1v) is 7.48. The molecular formula is C14H17BrN2O2. The standard InChI is InChI=1S/C14H17BrN2O2/c1-16-10-13(18)17(9-5-4-8-15)14(19)11-6-2-3-7-12(11)16/h2-3,6-7H,4-5,8-10H2,1H3. The van der Waals surface area contributed by atoms with Crippen LogP contribution >= 0.6 is 15.9 Å². The molecule has 0 spiro atoms. The van der Waals surface area contributed by atoms with Gasteiger partial charge in [-0.05, 0) is 25.0 Å². The number of alkyl halides is 1. The topological polar surface area (TPSA) is 40.6 Å². The third kappa shape index (κ3) is 2.97. The SMILES string of the molecule is CN1CC(=O)N(CCCCBr)C(=O)c2ccccc21. The van der Waals surface area contributed by atoms with Crippen LogP contribution in [0.25, 0.3) is 0 Å². The number of hydrogen-bond acceptors (Lipinski definition) is 3. The van der Waals surface area contributed by atoms with Crippen LogP contribution < -0.4 is 4.90 Å². The largest absolute Gasteiger partial charge is 0.365 e. The summed E-state index contributed by atoms with van der Waals surface area (Å²) in [5, 5.41) is 0.889. The van der Waals surface area contributed by atoms with E-state index in [0.717, 1.165) is 23.9 Å². The number of rotatable bonds is 4. The average Bonchev–Trinajstić information content (AvgIpc) is 2.50. The second kappa shape index (κ2) is 6.19. The number of benzene rings is 1. The Kier molecular flexibility index (Phi) is 4.58. The number of halogens is 1. The van der Waals surface area contributed by atoms with Crippen LogP contribution in [0, 0.1) is 0 Å². The average molecular weight is 325 g/mol. The van der Waals surface area contributed by atoms with Crippen LogP contribution in [0.15, 0.2) is 24.3 Å². The van der Waals surface area contributed by atoms with Crippen molar-refractivity contribution in [3.05, 3.63) is 29.8 Å². The van der Waals surface area contributed by atoms with Gasteiger partial charge >= 0.3 is 0 Å². The minimum absolute atomic E-state index is 0.127. The fourth-order valence-corrected chi connectivity index (χ4v) is 2.61. The van der Waals surface area contributed by atoms with Gasteiger partial charge in [-0.1, -0.05) is 28.1 Å². The highest BCUT2D eigenvalue weighted by Gasteiger charge is 2.29. The Hall–Kier alpha value is -1.36. The molecule has 0 bridgehead atoms. The zero-order valence-corrected chi connectivity index (χ0v) is 12.5. The number of nitrogens with zero attached hydrogens (tertiary/aromatic N) is 2. The monoisotopic (exact) mass is 324 g/mol. The van der Waals surface area contributed by atoms with Crippen LogP contribution in [0.3, 0.4) is 0 Å². The summed E-state index contributed by atoms with van der Waals surface area (Å²) in [6.07, 6.45) is 1.78. The minimum Gasteiger partial charge on any atom is -0.365 e.